The van der Waals surface area contributed by atoms with Gasteiger partial charge in [-0.1, -0.05) is 0 Å². The Kier molecular flexibility index (Phi) is 6.81. The van der Waals surface area contributed by atoms with Crippen molar-refractivity contribution in [3.63, 3.8) is 0 Å². The van der Waals surface area contributed by atoms with Gasteiger partial charge >= 0.3 is 0 Å². The minimum absolute atomic E-state index is 0.122. The van der Waals surface area contributed by atoms with Crippen molar-refractivity contribution in [1.82, 2.24) is 4.72 Å². The number of rotatable bonds is 8. The summed E-state index contributed by atoms with van der Waals surface area (Å²) < 4.78 is 32.6. The molecule has 0 radical (unpaired) electrons. The first-order valence-corrected chi connectivity index (χ1v) is 9.20. The normalized spacial score (nSPS) is 13.2. The first-order valence-electron chi connectivity index (χ1n) is 6.32. The standard InChI is InChI=1S/C13H22N2O3S2/c1-10(9-19-3)15-20(16,17)13-5-4-12(18-2)8-11(13)6-7-14/h4-5,8,10,15H,6-7,9,14H2,1-3H3. The van der Waals surface area contributed by atoms with E-state index in [9.17, 15) is 8.42 Å². The van der Waals surface area contributed by atoms with Gasteiger partial charge in [-0.25, -0.2) is 13.1 Å². The molecule has 1 rings (SSSR count). The second kappa shape index (κ2) is 7.87. The predicted molar refractivity (Wildman–Crippen MR) is 83.9 cm³/mol. The molecule has 0 saturated carbocycles. The molecular weight excluding hydrogens is 296 g/mol. The molecule has 3 N–H and O–H groups in total. The van der Waals surface area contributed by atoms with Crippen LogP contribution in [0.4, 0.5) is 0 Å². The number of methoxy groups -OCH3 is 1. The maximum absolute atomic E-state index is 12.4. The van der Waals surface area contributed by atoms with Crippen LogP contribution in [0.5, 0.6) is 5.75 Å². The van der Waals surface area contributed by atoms with Gasteiger partial charge in [0, 0.05) is 11.8 Å². The molecule has 0 aromatic heterocycles. The van der Waals surface area contributed by atoms with E-state index in [1.807, 2.05) is 13.2 Å². The van der Waals surface area contributed by atoms with Crippen LogP contribution in [0.2, 0.25) is 0 Å². The van der Waals surface area contributed by atoms with Crippen LogP contribution < -0.4 is 15.2 Å². The summed E-state index contributed by atoms with van der Waals surface area (Å²) in [7, 11) is -1.98. The summed E-state index contributed by atoms with van der Waals surface area (Å²) in [5.41, 5.74) is 6.23. The fourth-order valence-electron chi connectivity index (χ4n) is 1.91. The Hall–Kier alpha value is -0.760. The minimum atomic E-state index is -3.53. The number of nitrogens with one attached hydrogen (secondary N) is 1. The molecule has 1 atom stereocenters. The smallest absolute Gasteiger partial charge is 0.241 e. The van der Waals surface area contributed by atoms with Crippen molar-refractivity contribution in [3.8, 4) is 5.75 Å². The Morgan fingerprint density at radius 1 is 1.45 bits per heavy atom. The molecule has 0 spiro atoms. The lowest BCUT2D eigenvalue weighted by molar-refractivity contribution is 0.413. The van der Waals surface area contributed by atoms with Crippen molar-refractivity contribution in [1.29, 1.82) is 0 Å². The molecule has 1 aromatic rings. The fourth-order valence-corrected chi connectivity index (χ4v) is 4.09. The third kappa shape index (κ3) is 4.66. The molecular formula is C13H22N2O3S2. The maximum atomic E-state index is 12.4. The second-order valence-electron chi connectivity index (χ2n) is 4.49. The predicted octanol–water partition coefficient (Wildman–Crippen LogP) is 1.23. The highest BCUT2D eigenvalue weighted by atomic mass is 32.2. The third-order valence-electron chi connectivity index (χ3n) is 2.74. The zero-order valence-electron chi connectivity index (χ0n) is 12.0. The molecule has 0 bridgehead atoms. The van der Waals surface area contributed by atoms with Gasteiger partial charge in [-0.15, -0.1) is 0 Å². The molecule has 0 amide bonds. The van der Waals surface area contributed by atoms with Crippen molar-refractivity contribution in [3.05, 3.63) is 23.8 Å². The molecule has 0 heterocycles. The van der Waals surface area contributed by atoms with E-state index in [0.29, 0.717) is 24.3 Å². The third-order valence-corrected chi connectivity index (χ3v) is 5.27. The number of ether oxygens (including phenoxy) is 1. The SMILES string of the molecule is COc1ccc(S(=O)(=O)NC(C)CSC)c(CCN)c1. The van der Waals surface area contributed by atoms with E-state index in [0.717, 1.165) is 5.75 Å². The van der Waals surface area contributed by atoms with Crippen LogP contribution in [0.1, 0.15) is 12.5 Å². The maximum Gasteiger partial charge on any atom is 0.241 e. The number of thioether (sulfide) groups is 1. The number of benzene rings is 1. The summed E-state index contributed by atoms with van der Waals surface area (Å²) in [6.07, 6.45) is 2.43. The van der Waals surface area contributed by atoms with Crippen molar-refractivity contribution < 1.29 is 13.2 Å². The summed E-state index contributed by atoms with van der Waals surface area (Å²) in [6.45, 7) is 2.23. The van der Waals surface area contributed by atoms with Gasteiger partial charge in [0.25, 0.3) is 0 Å². The van der Waals surface area contributed by atoms with E-state index in [1.54, 1.807) is 37.1 Å². The van der Waals surface area contributed by atoms with E-state index in [2.05, 4.69) is 4.72 Å². The molecule has 7 heteroatoms. The van der Waals surface area contributed by atoms with Gasteiger partial charge in [0.15, 0.2) is 0 Å². The van der Waals surface area contributed by atoms with E-state index >= 15 is 0 Å². The van der Waals surface area contributed by atoms with E-state index < -0.39 is 10.0 Å². The Bertz CT molecular complexity index is 532. The quantitative estimate of drug-likeness (QED) is 0.753. The average Bonchev–Trinajstić information content (AvgIpc) is 2.38. The van der Waals surface area contributed by atoms with Crippen LogP contribution in [-0.2, 0) is 16.4 Å². The summed E-state index contributed by atoms with van der Waals surface area (Å²) in [4.78, 5) is 0.275. The van der Waals surface area contributed by atoms with Crippen molar-refractivity contribution >= 4 is 21.8 Å². The highest BCUT2D eigenvalue weighted by Crippen LogP contribution is 2.22. The number of hydrogen-bond acceptors (Lipinski definition) is 5. The second-order valence-corrected chi connectivity index (χ2v) is 7.08. The van der Waals surface area contributed by atoms with Gasteiger partial charge in [0.2, 0.25) is 10.0 Å². The molecule has 0 saturated heterocycles. The van der Waals surface area contributed by atoms with Crippen LogP contribution in [0, 0.1) is 0 Å². The largest absolute Gasteiger partial charge is 0.497 e. The van der Waals surface area contributed by atoms with Gasteiger partial charge in [0.05, 0.1) is 12.0 Å². The zero-order chi connectivity index (χ0) is 15.2. The zero-order valence-corrected chi connectivity index (χ0v) is 13.7. The topological polar surface area (TPSA) is 81.4 Å². The lowest BCUT2D eigenvalue weighted by atomic mass is 10.1. The first kappa shape index (κ1) is 17.3. The van der Waals surface area contributed by atoms with Crippen LogP contribution in [0.15, 0.2) is 23.1 Å². The van der Waals surface area contributed by atoms with Crippen LogP contribution in [-0.4, -0.2) is 40.1 Å². The number of nitrogens with two attached hydrogens (primary N) is 1. The molecule has 0 aliphatic rings. The Morgan fingerprint density at radius 3 is 2.70 bits per heavy atom. The van der Waals surface area contributed by atoms with Crippen LogP contribution >= 0.6 is 11.8 Å². The van der Waals surface area contributed by atoms with E-state index in [-0.39, 0.29) is 10.9 Å². The minimum Gasteiger partial charge on any atom is -0.497 e. The molecule has 1 unspecified atom stereocenters. The summed E-state index contributed by atoms with van der Waals surface area (Å²) in [5, 5.41) is 0. The van der Waals surface area contributed by atoms with Crippen molar-refractivity contribution in [2.45, 2.75) is 24.3 Å². The number of hydrogen-bond donors (Lipinski definition) is 2. The monoisotopic (exact) mass is 318 g/mol. The highest BCUT2D eigenvalue weighted by Gasteiger charge is 2.20. The van der Waals surface area contributed by atoms with E-state index in [4.69, 9.17) is 10.5 Å². The van der Waals surface area contributed by atoms with Gasteiger partial charge < -0.3 is 10.5 Å². The van der Waals surface area contributed by atoms with E-state index in [1.165, 1.54) is 0 Å². The molecule has 0 aliphatic heterocycles. The molecule has 0 fully saturated rings. The summed E-state index contributed by atoms with van der Waals surface area (Å²) in [6, 6.07) is 4.81. The summed E-state index contributed by atoms with van der Waals surface area (Å²) in [5.74, 6) is 1.35. The Morgan fingerprint density at radius 2 is 2.15 bits per heavy atom. The van der Waals surface area contributed by atoms with Gasteiger partial charge in [-0.2, -0.15) is 11.8 Å². The number of sulfonamides is 1. The molecule has 114 valence electrons. The molecule has 20 heavy (non-hydrogen) atoms. The Balaban J connectivity index is 3.10. The van der Waals surface area contributed by atoms with Gasteiger partial charge in [-0.3, -0.25) is 0 Å². The lowest BCUT2D eigenvalue weighted by Crippen LogP contribution is -2.34. The summed E-state index contributed by atoms with van der Waals surface area (Å²) >= 11 is 1.60. The van der Waals surface area contributed by atoms with Gasteiger partial charge in [-0.05, 0) is 49.9 Å². The molecule has 1 aromatic carbocycles. The molecule has 0 aliphatic carbocycles. The van der Waals surface area contributed by atoms with Crippen molar-refractivity contribution in [2.75, 3.05) is 25.7 Å². The van der Waals surface area contributed by atoms with Crippen LogP contribution in [0.3, 0.4) is 0 Å². The van der Waals surface area contributed by atoms with Crippen molar-refractivity contribution in [2.24, 2.45) is 5.73 Å². The Labute approximate surface area is 125 Å². The first-order chi connectivity index (χ1) is 9.44. The van der Waals surface area contributed by atoms with Crippen LogP contribution in [0.25, 0.3) is 0 Å². The average molecular weight is 318 g/mol. The fraction of sp³-hybridized carbons (Fsp3) is 0.538. The lowest BCUT2D eigenvalue weighted by Gasteiger charge is -2.16. The van der Waals surface area contributed by atoms with Gasteiger partial charge in [0.1, 0.15) is 5.75 Å². The highest BCUT2D eigenvalue weighted by molar-refractivity contribution is 7.98. The molecule has 5 nitrogen and oxygen atoms in total.